The van der Waals surface area contributed by atoms with Crippen LogP contribution in [0.3, 0.4) is 0 Å². The van der Waals surface area contributed by atoms with Gasteiger partial charge in [0.2, 0.25) is 5.91 Å². The Morgan fingerprint density at radius 3 is 2.45 bits per heavy atom. The fourth-order valence-electron chi connectivity index (χ4n) is 1.60. The van der Waals surface area contributed by atoms with Gasteiger partial charge < -0.3 is 15.8 Å². The van der Waals surface area contributed by atoms with E-state index < -0.39 is 41.2 Å². The summed E-state index contributed by atoms with van der Waals surface area (Å²) in [5, 5.41) is 2.35. The number of nitrogens with one attached hydrogen (secondary N) is 1. The summed E-state index contributed by atoms with van der Waals surface area (Å²) >= 11 is 0. The Kier molecular flexibility index (Phi) is 7.24. The molecule has 0 spiro atoms. The van der Waals surface area contributed by atoms with E-state index in [0.717, 1.165) is 0 Å². The van der Waals surface area contributed by atoms with Crippen LogP contribution in [-0.2, 0) is 29.9 Å². The standard InChI is InChI=1S/C14H18N2O5S/c1-10(17)21-9-13(18)16-12(14(15)19)7-8-22(20)11-5-3-2-4-6-11/h2-6,12H,7-9H2,1H3,(H2,15,19)(H,16,18)/t12-,22-/m0/s1. The van der Waals surface area contributed by atoms with Crippen LogP contribution in [0, 0.1) is 0 Å². The molecule has 0 aromatic heterocycles. The number of rotatable bonds is 8. The third kappa shape index (κ3) is 6.49. The van der Waals surface area contributed by atoms with Crippen LogP contribution < -0.4 is 11.1 Å². The largest absolute Gasteiger partial charge is 0.456 e. The highest BCUT2D eigenvalue weighted by Crippen LogP contribution is 2.07. The maximum Gasteiger partial charge on any atom is 0.303 e. The lowest BCUT2D eigenvalue weighted by molar-refractivity contribution is -0.146. The van der Waals surface area contributed by atoms with Crippen molar-refractivity contribution in [3.63, 3.8) is 0 Å². The summed E-state index contributed by atoms with van der Waals surface area (Å²) in [6, 6.07) is 7.81. The van der Waals surface area contributed by atoms with Gasteiger partial charge in [0.25, 0.3) is 5.91 Å². The second-order valence-corrected chi connectivity index (χ2v) is 6.02. The van der Waals surface area contributed by atoms with Crippen molar-refractivity contribution in [1.29, 1.82) is 0 Å². The molecule has 2 atom stereocenters. The predicted octanol–water partition coefficient (Wildman–Crippen LogP) is -0.283. The second-order valence-electron chi connectivity index (χ2n) is 4.45. The number of carbonyl (C=O) groups excluding carboxylic acids is 3. The Morgan fingerprint density at radius 1 is 1.27 bits per heavy atom. The minimum Gasteiger partial charge on any atom is -0.456 e. The van der Waals surface area contributed by atoms with Crippen LogP contribution in [0.2, 0.25) is 0 Å². The summed E-state index contributed by atoms with van der Waals surface area (Å²) < 4.78 is 16.6. The molecule has 0 aliphatic rings. The summed E-state index contributed by atoms with van der Waals surface area (Å²) in [6.07, 6.45) is 0.128. The average molecular weight is 326 g/mol. The van der Waals surface area contributed by atoms with Crippen LogP contribution in [0.1, 0.15) is 13.3 Å². The van der Waals surface area contributed by atoms with Crippen molar-refractivity contribution in [2.24, 2.45) is 5.73 Å². The van der Waals surface area contributed by atoms with E-state index in [4.69, 9.17) is 5.73 Å². The van der Waals surface area contributed by atoms with E-state index in [1.54, 1.807) is 24.3 Å². The first-order valence-corrected chi connectivity index (χ1v) is 7.87. The third-order valence-electron chi connectivity index (χ3n) is 2.68. The van der Waals surface area contributed by atoms with Crippen LogP contribution in [0.5, 0.6) is 0 Å². The molecule has 1 aromatic rings. The normalized spacial score (nSPS) is 13.0. The molecule has 0 saturated heterocycles. The molecule has 7 nitrogen and oxygen atoms in total. The fourth-order valence-corrected chi connectivity index (χ4v) is 2.75. The number of amides is 2. The molecular weight excluding hydrogens is 308 g/mol. The van der Waals surface area contributed by atoms with Gasteiger partial charge in [-0.05, 0) is 18.6 Å². The van der Waals surface area contributed by atoms with Crippen molar-refractivity contribution in [2.75, 3.05) is 12.4 Å². The Labute approximate surface area is 130 Å². The molecule has 0 heterocycles. The first-order chi connectivity index (χ1) is 10.4. The van der Waals surface area contributed by atoms with Gasteiger partial charge in [0.05, 0.1) is 10.8 Å². The Hall–Kier alpha value is -2.22. The molecule has 0 saturated carbocycles. The number of primary amides is 1. The van der Waals surface area contributed by atoms with E-state index in [0.29, 0.717) is 4.90 Å². The minimum absolute atomic E-state index is 0.128. The summed E-state index contributed by atoms with van der Waals surface area (Å²) in [4.78, 5) is 34.1. The molecule has 120 valence electrons. The van der Waals surface area contributed by atoms with Crippen molar-refractivity contribution in [3.05, 3.63) is 30.3 Å². The third-order valence-corrected chi connectivity index (χ3v) is 4.09. The van der Waals surface area contributed by atoms with Gasteiger partial charge in [0.15, 0.2) is 6.61 Å². The molecule has 0 aliphatic heterocycles. The summed E-state index contributed by atoms with van der Waals surface area (Å²) in [7, 11) is -1.29. The lowest BCUT2D eigenvalue weighted by atomic mass is 10.2. The molecule has 0 aliphatic carbocycles. The number of carbonyl (C=O) groups is 3. The Balaban J connectivity index is 2.51. The average Bonchev–Trinajstić information content (AvgIpc) is 2.49. The van der Waals surface area contributed by atoms with Gasteiger partial charge in [-0.1, -0.05) is 18.2 Å². The molecule has 3 N–H and O–H groups in total. The first kappa shape index (κ1) is 17.8. The van der Waals surface area contributed by atoms with Crippen molar-refractivity contribution >= 4 is 28.6 Å². The molecule has 1 aromatic carbocycles. The maximum atomic E-state index is 12.0. The number of nitrogens with two attached hydrogens (primary N) is 1. The minimum atomic E-state index is -1.29. The van der Waals surface area contributed by atoms with Gasteiger partial charge in [0.1, 0.15) is 6.04 Å². The van der Waals surface area contributed by atoms with Gasteiger partial charge in [0, 0.05) is 17.6 Å². The number of benzene rings is 1. The number of hydrogen-bond acceptors (Lipinski definition) is 5. The van der Waals surface area contributed by atoms with Crippen molar-refractivity contribution < 1.29 is 23.3 Å². The van der Waals surface area contributed by atoms with E-state index >= 15 is 0 Å². The maximum absolute atomic E-state index is 12.0. The smallest absolute Gasteiger partial charge is 0.303 e. The van der Waals surface area contributed by atoms with Gasteiger partial charge in [-0.3, -0.25) is 18.6 Å². The lowest BCUT2D eigenvalue weighted by Crippen LogP contribution is -2.46. The zero-order chi connectivity index (χ0) is 16.5. The van der Waals surface area contributed by atoms with Crippen molar-refractivity contribution in [3.8, 4) is 0 Å². The molecule has 8 heteroatoms. The van der Waals surface area contributed by atoms with E-state index in [-0.39, 0.29) is 12.2 Å². The SMILES string of the molecule is CC(=O)OCC(=O)N[C@@H](CC[S@](=O)c1ccccc1)C(N)=O. The molecule has 0 bridgehead atoms. The molecule has 22 heavy (non-hydrogen) atoms. The van der Waals surface area contributed by atoms with Crippen molar-refractivity contribution in [2.45, 2.75) is 24.3 Å². The number of esters is 1. The molecule has 2 amide bonds. The molecular formula is C14H18N2O5S. The highest BCUT2D eigenvalue weighted by atomic mass is 32.2. The van der Waals surface area contributed by atoms with Crippen LogP contribution >= 0.6 is 0 Å². The second kappa shape index (κ2) is 8.93. The van der Waals surface area contributed by atoms with Crippen LogP contribution in [0.4, 0.5) is 0 Å². The van der Waals surface area contributed by atoms with E-state index in [9.17, 15) is 18.6 Å². The molecule has 1 rings (SSSR count). The van der Waals surface area contributed by atoms with Gasteiger partial charge in [-0.15, -0.1) is 0 Å². The molecule has 0 unspecified atom stereocenters. The monoisotopic (exact) mass is 326 g/mol. The molecule has 0 radical (unpaired) electrons. The van der Waals surface area contributed by atoms with Crippen molar-refractivity contribution in [1.82, 2.24) is 5.32 Å². The van der Waals surface area contributed by atoms with E-state index in [2.05, 4.69) is 10.1 Å². The topological polar surface area (TPSA) is 116 Å². The highest BCUT2D eigenvalue weighted by molar-refractivity contribution is 7.85. The van der Waals surface area contributed by atoms with E-state index in [1.807, 2.05) is 6.07 Å². The highest BCUT2D eigenvalue weighted by Gasteiger charge is 2.19. The van der Waals surface area contributed by atoms with Gasteiger partial charge in [-0.2, -0.15) is 0 Å². The van der Waals surface area contributed by atoms with Crippen LogP contribution in [-0.4, -0.2) is 40.4 Å². The zero-order valence-electron chi connectivity index (χ0n) is 12.1. The molecule has 0 fully saturated rings. The van der Waals surface area contributed by atoms with Crippen LogP contribution in [0.25, 0.3) is 0 Å². The number of ether oxygens (including phenoxy) is 1. The predicted molar refractivity (Wildman–Crippen MR) is 80.1 cm³/mol. The lowest BCUT2D eigenvalue weighted by Gasteiger charge is -2.15. The quantitative estimate of drug-likeness (QED) is 0.637. The number of hydrogen-bond donors (Lipinski definition) is 2. The van der Waals surface area contributed by atoms with Gasteiger partial charge >= 0.3 is 5.97 Å². The van der Waals surface area contributed by atoms with E-state index in [1.165, 1.54) is 6.92 Å². The zero-order valence-corrected chi connectivity index (χ0v) is 12.9. The summed E-state index contributed by atoms with van der Waals surface area (Å²) in [5.41, 5.74) is 5.21. The Morgan fingerprint density at radius 2 is 1.91 bits per heavy atom. The van der Waals surface area contributed by atoms with Crippen LogP contribution in [0.15, 0.2) is 35.2 Å². The van der Waals surface area contributed by atoms with Gasteiger partial charge in [-0.25, -0.2) is 0 Å². The summed E-state index contributed by atoms with van der Waals surface area (Å²) in [5.74, 6) is -1.80. The summed E-state index contributed by atoms with van der Waals surface area (Å²) in [6.45, 7) is 0.683. The first-order valence-electron chi connectivity index (χ1n) is 6.55. The Bertz CT molecular complexity index is 562. The fraction of sp³-hybridized carbons (Fsp3) is 0.357.